The quantitative estimate of drug-likeness (QED) is 0.233. The predicted octanol–water partition coefficient (Wildman–Crippen LogP) is 10.2. The van der Waals surface area contributed by atoms with Gasteiger partial charge in [-0.25, -0.2) is 0 Å². The van der Waals surface area contributed by atoms with Crippen molar-refractivity contribution in [3.05, 3.63) is 24.3 Å². The van der Waals surface area contributed by atoms with Gasteiger partial charge in [0.1, 0.15) is 0 Å². The van der Waals surface area contributed by atoms with Gasteiger partial charge in [-0.15, -0.1) is 0 Å². The molecule has 0 radical (unpaired) electrons. The van der Waals surface area contributed by atoms with Gasteiger partial charge in [0.15, 0.2) is 0 Å². The largest absolute Gasteiger partial charge is 0.0653 e. The zero-order valence-corrected chi connectivity index (χ0v) is 25.6. The molecule has 0 saturated heterocycles. The molecule has 0 amide bonds. The first-order chi connectivity index (χ1) is 14.7. The molecular formula is C30H56P2. The van der Waals surface area contributed by atoms with E-state index in [4.69, 9.17) is 0 Å². The van der Waals surface area contributed by atoms with E-state index in [2.05, 4.69) is 107 Å². The van der Waals surface area contributed by atoms with E-state index in [1.165, 1.54) is 51.4 Å². The minimum Gasteiger partial charge on any atom is -0.0653 e. The van der Waals surface area contributed by atoms with Crippen LogP contribution in [-0.4, -0.2) is 20.6 Å². The van der Waals surface area contributed by atoms with E-state index in [1.54, 1.807) is 10.6 Å². The van der Waals surface area contributed by atoms with Gasteiger partial charge in [-0.2, -0.15) is 0 Å². The van der Waals surface area contributed by atoms with Crippen LogP contribution in [0, 0.1) is 0 Å². The third-order valence-corrected chi connectivity index (χ3v) is 14.6. The van der Waals surface area contributed by atoms with Crippen LogP contribution in [0.1, 0.15) is 134 Å². The van der Waals surface area contributed by atoms with Gasteiger partial charge in [0, 0.05) is 0 Å². The van der Waals surface area contributed by atoms with Crippen LogP contribution in [0.5, 0.6) is 0 Å². The molecule has 0 fully saturated rings. The van der Waals surface area contributed by atoms with E-state index in [9.17, 15) is 0 Å². The maximum Gasteiger partial charge on any atom is -0.0106 e. The summed E-state index contributed by atoms with van der Waals surface area (Å²) in [6.07, 6.45) is 10.3. The summed E-state index contributed by atoms with van der Waals surface area (Å²) < 4.78 is 0. The smallest absolute Gasteiger partial charge is 0.0106 e. The molecule has 0 aliphatic carbocycles. The summed E-state index contributed by atoms with van der Waals surface area (Å²) in [5.74, 6) is 0. The molecule has 1 aromatic carbocycles. The fraction of sp³-hybridized carbons (Fsp3) is 0.800. The second kappa shape index (κ2) is 12.2. The lowest BCUT2D eigenvalue weighted by atomic mass is 10.1. The first kappa shape index (κ1) is 30.1. The molecule has 0 aliphatic rings. The van der Waals surface area contributed by atoms with Gasteiger partial charge >= 0.3 is 0 Å². The van der Waals surface area contributed by atoms with Gasteiger partial charge in [0.2, 0.25) is 0 Å². The first-order valence-electron chi connectivity index (χ1n) is 13.4. The van der Waals surface area contributed by atoms with Gasteiger partial charge in [-0.05, 0) is 56.9 Å². The molecule has 186 valence electrons. The first-order valence-corrected chi connectivity index (χ1v) is 16.1. The van der Waals surface area contributed by atoms with Crippen LogP contribution < -0.4 is 10.6 Å². The van der Waals surface area contributed by atoms with Crippen LogP contribution in [0.25, 0.3) is 0 Å². The molecular weight excluding hydrogens is 422 g/mol. The molecule has 0 spiro atoms. The molecule has 0 heterocycles. The predicted molar refractivity (Wildman–Crippen MR) is 155 cm³/mol. The van der Waals surface area contributed by atoms with Crippen molar-refractivity contribution in [2.75, 3.05) is 0 Å². The van der Waals surface area contributed by atoms with Crippen LogP contribution in [0.15, 0.2) is 24.3 Å². The van der Waals surface area contributed by atoms with E-state index >= 15 is 0 Å². The van der Waals surface area contributed by atoms with Crippen molar-refractivity contribution in [1.29, 1.82) is 0 Å². The van der Waals surface area contributed by atoms with Crippen molar-refractivity contribution >= 4 is 26.5 Å². The standard InChI is InChI=1S/C30H56P2/c1-13-21-27(5,6)31(28(7,8)22-14-2)25-17-19-26(20-18-25)32(29(9,10)23-15-3)30(11,12)24-16-4/h17-20H,13-16,21-24H2,1-12H3. The average molecular weight is 479 g/mol. The van der Waals surface area contributed by atoms with E-state index in [-0.39, 0.29) is 15.8 Å². The van der Waals surface area contributed by atoms with Gasteiger partial charge in [0.05, 0.1) is 0 Å². The van der Waals surface area contributed by atoms with Crippen molar-refractivity contribution < 1.29 is 0 Å². The highest BCUT2D eigenvalue weighted by Gasteiger charge is 2.42. The zero-order chi connectivity index (χ0) is 24.8. The Morgan fingerprint density at radius 3 is 0.781 bits per heavy atom. The van der Waals surface area contributed by atoms with E-state index < -0.39 is 0 Å². The molecule has 0 aromatic heterocycles. The molecule has 0 nitrogen and oxygen atoms in total. The Morgan fingerprint density at radius 1 is 0.438 bits per heavy atom. The molecule has 0 saturated carbocycles. The normalized spacial score (nSPS) is 13.9. The third-order valence-electron chi connectivity index (χ3n) is 7.23. The SMILES string of the molecule is CCCC(C)(C)P(c1ccc(P(C(C)(C)CCC)C(C)(C)CCC)cc1)C(C)(C)CCC. The Labute approximate surface area is 205 Å². The van der Waals surface area contributed by atoms with Gasteiger partial charge < -0.3 is 0 Å². The lowest BCUT2D eigenvalue weighted by Crippen LogP contribution is -2.37. The molecule has 32 heavy (non-hydrogen) atoms. The van der Waals surface area contributed by atoms with Crippen LogP contribution in [-0.2, 0) is 0 Å². The molecule has 1 rings (SSSR count). The number of hydrogen-bond acceptors (Lipinski definition) is 0. The molecule has 0 N–H and O–H groups in total. The topological polar surface area (TPSA) is 0 Å². The van der Waals surface area contributed by atoms with Crippen molar-refractivity contribution in [2.45, 2.75) is 155 Å². The average Bonchev–Trinajstić information content (AvgIpc) is 2.62. The molecule has 0 unspecified atom stereocenters. The number of hydrogen-bond donors (Lipinski definition) is 0. The Morgan fingerprint density at radius 2 is 0.625 bits per heavy atom. The fourth-order valence-electron chi connectivity index (χ4n) is 6.68. The van der Waals surface area contributed by atoms with E-state index in [0.29, 0.717) is 20.6 Å². The highest BCUT2D eigenvalue weighted by molar-refractivity contribution is 7.69. The maximum absolute atomic E-state index is 2.55. The van der Waals surface area contributed by atoms with E-state index in [1.807, 2.05) is 0 Å². The van der Waals surface area contributed by atoms with Crippen molar-refractivity contribution in [2.24, 2.45) is 0 Å². The minimum absolute atomic E-state index is 0.248. The molecule has 0 bridgehead atoms. The minimum atomic E-state index is -0.248. The molecule has 1 aromatic rings. The van der Waals surface area contributed by atoms with Crippen molar-refractivity contribution in [3.63, 3.8) is 0 Å². The number of rotatable bonds is 14. The summed E-state index contributed by atoms with van der Waals surface area (Å²) in [5, 5.41) is 4.74. The Hall–Kier alpha value is 0.0800. The third kappa shape index (κ3) is 7.54. The van der Waals surface area contributed by atoms with Gasteiger partial charge in [0.25, 0.3) is 0 Å². The maximum atomic E-state index is 2.55. The molecule has 0 atom stereocenters. The van der Waals surface area contributed by atoms with Crippen molar-refractivity contribution in [1.82, 2.24) is 0 Å². The summed E-state index contributed by atoms with van der Waals surface area (Å²) in [7, 11) is -0.496. The summed E-state index contributed by atoms with van der Waals surface area (Å²) in [6.45, 7) is 29.7. The second-order valence-electron chi connectivity index (χ2n) is 12.4. The number of benzene rings is 1. The molecule has 0 aliphatic heterocycles. The van der Waals surface area contributed by atoms with Crippen LogP contribution >= 0.6 is 15.8 Å². The van der Waals surface area contributed by atoms with Gasteiger partial charge in [-0.3, -0.25) is 0 Å². The second-order valence-corrected chi connectivity index (χ2v) is 19.7. The Bertz CT molecular complexity index is 572. The summed E-state index contributed by atoms with van der Waals surface area (Å²) in [5.41, 5.74) is 0. The fourth-order valence-corrected chi connectivity index (χ4v) is 15.4. The summed E-state index contributed by atoms with van der Waals surface area (Å²) in [6, 6.07) is 10.2. The highest BCUT2D eigenvalue weighted by atomic mass is 31.1. The highest BCUT2D eigenvalue weighted by Crippen LogP contribution is 2.63. The molecule has 2 heteroatoms. The lowest BCUT2D eigenvalue weighted by Gasteiger charge is -2.47. The van der Waals surface area contributed by atoms with E-state index in [0.717, 1.165) is 0 Å². The monoisotopic (exact) mass is 478 g/mol. The summed E-state index contributed by atoms with van der Waals surface area (Å²) >= 11 is 0. The lowest BCUT2D eigenvalue weighted by molar-refractivity contribution is 0.563. The summed E-state index contributed by atoms with van der Waals surface area (Å²) in [4.78, 5) is 0. The Kier molecular flexibility index (Phi) is 11.4. The van der Waals surface area contributed by atoms with Crippen LogP contribution in [0.2, 0.25) is 0 Å². The van der Waals surface area contributed by atoms with Gasteiger partial charge in [-0.1, -0.05) is 149 Å². The van der Waals surface area contributed by atoms with Crippen LogP contribution in [0.4, 0.5) is 0 Å². The Balaban J connectivity index is 3.52. The van der Waals surface area contributed by atoms with Crippen LogP contribution in [0.3, 0.4) is 0 Å². The van der Waals surface area contributed by atoms with Crippen molar-refractivity contribution in [3.8, 4) is 0 Å². The zero-order valence-electron chi connectivity index (χ0n) is 23.9.